The summed E-state index contributed by atoms with van der Waals surface area (Å²) in [6, 6.07) is 11.5. The molecule has 0 aliphatic rings. The lowest BCUT2D eigenvalue weighted by Crippen LogP contribution is -2.24. The van der Waals surface area contributed by atoms with Crippen LogP contribution in [0.2, 0.25) is 0 Å². The maximum absolute atomic E-state index is 11.8. The van der Waals surface area contributed by atoms with Gasteiger partial charge in [-0.15, -0.1) is 0 Å². The van der Waals surface area contributed by atoms with E-state index < -0.39 is 4.92 Å². The number of anilines is 2. The third kappa shape index (κ3) is 2.57. The third-order valence-corrected chi connectivity index (χ3v) is 2.50. The van der Waals surface area contributed by atoms with Gasteiger partial charge in [-0.2, -0.15) is 0 Å². The number of hydrogen-bond donors (Lipinski definition) is 0. The van der Waals surface area contributed by atoms with E-state index in [-0.39, 0.29) is 17.4 Å². The Hall–Kier alpha value is -2.76. The highest BCUT2D eigenvalue weighted by Gasteiger charge is 2.24. The molecule has 0 aliphatic carbocycles. The molecule has 0 radical (unpaired) electrons. The van der Waals surface area contributed by atoms with Crippen molar-refractivity contribution in [2.75, 3.05) is 4.90 Å². The highest BCUT2D eigenvalue weighted by atomic mass is 16.6. The number of rotatable bonds is 3. The predicted molar refractivity (Wildman–Crippen MR) is 70.2 cm³/mol. The van der Waals surface area contributed by atoms with Crippen molar-refractivity contribution in [2.24, 2.45) is 0 Å². The molecule has 0 fully saturated rings. The van der Waals surface area contributed by atoms with Crippen LogP contribution in [0.3, 0.4) is 0 Å². The largest absolute Gasteiger partial charge is 0.312 e. The first-order valence-corrected chi connectivity index (χ1v) is 5.56. The second-order valence-corrected chi connectivity index (χ2v) is 3.79. The standard InChI is InChI=1S/C13H11N3O3/c1-10(17)15(11-6-3-2-4-7-11)13-12(16(18)19)8-5-9-14-13/h2-9H,1H3. The van der Waals surface area contributed by atoms with Crippen LogP contribution in [0, 0.1) is 10.1 Å². The maximum Gasteiger partial charge on any atom is 0.312 e. The average Bonchev–Trinajstić information content (AvgIpc) is 2.40. The molecule has 0 saturated carbocycles. The van der Waals surface area contributed by atoms with E-state index in [0.29, 0.717) is 5.69 Å². The topological polar surface area (TPSA) is 76.3 Å². The Morgan fingerprint density at radius 2 is 1.89 bits per heavy atom. The van der Waals surface area contributed by atoms with Crippen LogP contribution >= 0.6 is 0 Å². The van der Waals surface area contributed by atoms with Crippen LogP contribution in [0.1, 0.15) is 6.92 Å². The Morgan fingerprint density at radius 1 is 1.21 bits per heavy atom. The Morgan fingerprint density at radius 3 is 2.47 bits per heavy atom. The van der Waals surface area contributed by atoms with Crippen molar-refractivity contribution in [3.8, 4) is 0 Å². The molecular formula is C13H11N3O3. The van der Waals surface area contributed by atoms with Gasteiger partial charge in [0.1, 0.15) is 0 Å². The van der Waals surface area contributed by atoms with Crippen molar-refractivity contribution in [1.82, 2.24) is 4.98 Å². The minimum Gasteiger partial charge on any atom is -0.274 e. The number of hydrogen-bond acceptors (Lipinski definition) is 4. The molecule has 0 spiro atoms. The summed E-state index contributed by atoms with van der Waals surface area (Å²) < 4.78 is 0. The molecule has 19 heavy (non-hydrogen) atoms. The number of carbonyl (C=O) groups is 1. The van der Waals surface area contributed by atoms with Gasteiger partial charge in [-0.3, -0.25) is 19.8 Å². The van der Waals surface area contributed by atoms with Gasteiger partial charge in [0.15, 0.2) is 0 Å². The van der Waals surface area contributed by atoms with Crippen LogP contribution in [0.15, 0.2) is 48.7 Å². The molecule has 2 rings (SSSR count). The van der Waals surface area contributed by atoms with Crippen molar-refractivity contribution in [3.05, 3.63) is 58.8 Å². The zero-order chi connectivity index (χ0) is 13.8. The van der Waals surface area contributed by atoms with Crippen molar-refractivity contribution in [1.29, 1.82) is 0 Å². The summed E-state index contributed by atoms with van der Waals surface area (Å²) in [5.74, 6) is -0.320. The first-order valence-electron chi connectivity index (χ1n) is 5.56. The number of nitrogens with zero attached hydrogens (tertiary/aromatic N) is 3. The van der Waals surface area contributed by atoms with Gasteiger partial charge < -0.3 is 0 Å². The van der Waals surface area contributed by atoms with Crippen LogP contribution in [-0.2, 0) is 4.79 Å². The molecule has 0 N–H and O–H groups in total. The number of nitro groups is 1. The van der Waals surface area contributed by atoms with Crippen LogP contribution < -0.4 is 4.90 Å². The van der Waals surface area contributed by atoms with Crippen LogP contribution in [0.4, 0.5) is 17.2 Å². The van der Waals surface area contributed by atoms with Gasteiger partial charge in [0.2, 0.25) is 11.7 Å². The number of carbonyl (C=O) groups excluding carboxylic acids is 1. The van der Waals surface area contributed by atoms with Crippen LogP contribution in [0.5, 0.6) is 0 Å². The van der Waals surface area contributed by atoms with Gasteiger partial charge in [0, 0.05) is 19.2 Å². The van der Waals surface area contributed by atoms with Crippen LogP contribution in [0.25, 0.3) is 0 Å². The Balaban J connectivity index is 2.59. The number of pyridine rings is 1. The summed E-state index contributed by atoms with van der Waals surface area (Å²) in [6.45, 7) is 1.34. The van der Waals surface area contributed by atoms with E-state index in [1.807, 2.05) is 0 Å². The molecule has 0 atom stereocenters. The Kier molecular flexibility index (Phi) is 3.51. The lowest BCUT2D eigenvalue weighted by molar-refractivity contribution is -0.384. The summed E-state index contributed by atoms with van der Waals surface area (Å²) >= 11 is 0. The number of aromatic nitrogens is 1. The molecule has 0 saturated heterocycles. The number of amides is 1. The summed E-state index contributed by atoms with van der Waals surface area (Å²) in [4.78, 5) is 27.4. The van der Waals surface area contributed by atoms with E-state index in [9.17, 15) is 14.9 Å². The van der Waals surface area contributed by atoms with Gasteiger partial charge in [0.05, 0.1) is 10.6 Å². The minimum absolute atomic E-state index is 0.0196. The fourth-order valence-electron chi connectivity index (χ4n) is 1.73. The first kappa shape index (κ1) is 12.7. The molecule has 0 bridgehead atoms. The van der Waals surface area contributed by atoms with Crippen molar-refractivity contribution < 1.29 is 9.72 Å². The van der Waals surface area contributed by atoms with E-state index in [0.717, 1.165) is 0 Å². The molecular weight excluding hydrogens is 246 g/mol. The molecule has 1 amide bonds. The average molecular weight is 257 g/mol. The molecule has 96 valence electrons. The first-order chi connectivity index (χ1) is 9.11. The zero-order valence-electron chi connectivity index (χ0n) is 10.2. The van der Waals surface area contributed by atoms with Gasteiger partial charge in [0.25, 0.3) is 0 Å². The number of benzene rings is 1. The van der Waals surface area contributed by atoms with E-state index in [1.54, 1.807) is 30.3 Å². The van der Waals surface area contributed by atoms with Gasteiger partial charge in [-0.05, 0) is 18.2 Å². The molecule has 6 nitrogen and oxygen atoms in total. The monoisotopic (exact) mass is 257 g/mol. The molecule has 2 aromatic rings. The second-order valence-electron chi connectivity index (χ2n) is 3.79. The second kappa shape index (κ2) is 5.26. The smallest absolute Gasteiger partial charge is 0.274 e. The van der Waals surface area contributed by atoms with Gasteiger partial charge >= 0.3 is 5.69 Å². The highest BCUT2D eigenvalue weighted by molar-refractivity contribution is 5.99. The van der Waals surface area contributed by atoms with E-state index in [2.05, 4.69) is 4.98 Å². The summed E-state index contributed by atoms with van der Waals surface area (Å²) in [6.07, 6.45) is 1.42. The number of para-hydroxylation sites is 1. The van der Waals surface area contributed by atoms with Gasteiger partial charge in [-0.25, -0.2) is 4.98 Å². The fraction of sp³-hybridized carbons (Fsp3) is 0.0769. The zero-order valence-corrected chi connectivity index (χ0v) is 10.2. The summed E-state index contributed by atoms with van der Waals surface area (Å²) in [5, 5.41) is 11.0. The van der Waals surface area contributed by atoms with E-state index in [1.165, 1.54) is 30.2 Å². The quantitative estimate of drug-likeness (QED) is 0.625. The SMILES string of the molecule is CC(=O)N(c1ccccc1)c1ncccc1[N+](=O)[O-]. The molecule has 0 aliphatic heterocycles. The maximum atomic E-state index is 11.8. The van der Waals surface area contributed by atoms with Crippen molar-refractivity contribution in [2.45, 2.75) is 6.92 Å². The Bertz CT molecular complexity index is 614. The minimum atomic E-state index is -0.554. The van der Waals surface area contributed by atoms with Crippen LogP contribution in [-0.4, -0.2) is 15.8 Å². The Labute approximate surface area is 109 Å². The molecule has 6 heteroatoms. The molecule has 1 aromatic carbocycles. The molecule has 1 heterocycles. The van der Waals surface area contributed by atoms with E-state index >= 15 is 0 Å². The summed E-state index contributed by atoms with van der Waals surface area (Å²) in [7, 11) is 0. The fourth-order valence-corrected chi connectivity index (χ4v) is 1.73. The van der Waals surface area contributed by atoms with Crippen molar-refractivity contribution >= 4 is 23.1 Å². The predicted octanol–water partition coefficient (Wildman–Crippen LogP) is 2.67. The molecule has 1 aromatic heterocycles. The van der Waals surface area contributed by atoms with Gasteiger partial charge in [-0.1, -0.05) is 18.2 Å². The lowest BCUT2D eigenvalue weighted by Gasteiger charge is -2.19. The highest BCUT2D eigenvalue weighted by Crippen LogP contribution is 2.31. The third-order valence-electron chi connectivity index (χ3n) is 2.50. The summed E-state index contributed by atoms with van der Waals surface area (Å²) in [5.41, 5.74) is 0.332. The lowest BCUT2D eigenvalue weighted by atomic mass is 10.2. The molecule has 0 unspecified atom stereocenters. The van der Waals surface area contributed by atoms with Crippen molar-refractivity contribution in [3.63, 3.8) is 0 Å². The normalized spacial score (nSPS) is 9.95. The van der Waals surface area contributed by atoms with E-state index in [4.69, 9.17) is 0 Å².